The van der Waals surface area contributed by atoms with Gasteiger partial charge in [-0.25, -0.2) is 0 Å². The molecule has 0 aliphatic heterocycles. The molecule has 1 aliphatic rings. The highest BCUT2D eigenvalue weighted by Crippen LogP contribution is 2.44. The molecule has 7 heteroatoms. The minimum absolute atomic E-state index is 0.00794. The number of hydrogen-bond donors (Lipinski definition) is 0. The summed E-state index contributed by atoms with van der Waals surface area (Å²) in [5.41, 5.74) is -2.05. The van der Waals surface area contributed by atoms with Gasteiger partial charge in [0.05, 0.1) is 0 Å². The molecule has 0 unspecified atom stereocenters. The van der Waals surface area contributed by atoms with Crippen molar-refractivity contribution in [2.24, 2.45) is 0 Å². The van der Waals surface area contributed by atoms with Crippen molar-refractivity contribution in [3.8, 4) is 0 Å². The van der Waals surface area contributed by atoms with Crippen LogP contribution >= 0.6 is 0 Å². The summed E-state index contributed by atoms with van der Waals surface area (Å²) in [6.45, 7) is 1.51. The molecule has 0 radical (unpaired) electrons. The van der Waals surface area contributed by atoms with E-state index in [1.54, 1.807) is 0 Å². The van der Waals surface area contributed by atoms with Crippen molar-refractivity contribution in [1.29, 1.82) is 0 Å². The lowest BCUT2D eigenvalue weighted by Crippen LogP contribution is -2.24. The minimum atomic E-state index is -4.67. The fourth-order valence-electron chi connectivity index (χ4n) is 2.21. The lowest BCUT2D eigenvalue weighted by molar-refractivity contribution is -0.142. The fraction of sp³-hybridized carbons (Fsp3) is 0.700. The van der Waals surface area contributed by atoms with Gasteiger partial charge in [0.15, 0.2) is 5.69 Å². The van der Waals surface area contributed by atoms with E-state index >= 15 is 0 Å². The van der Waals surface area contributed by atoms with Crippen molar-refractivity contribution in [3.63, 3.8) is 0 Å². The Morgan fingerprint density at radius 3 is 2.53 bits per heavy atom. The van der Waals surface area contributed by atoms with Gasteiger partial charge in [-0.05, 0) is 19.8 Å². The Kier molecular flexibility index (Phi) is 2.67. The maximum absolute atomic E-state index is 13.6. The molecular formula is C10H11F5N2. The van der Waals surface area contributed by atoms with Gasteiger partial charge in [-0.15, -0.1) is 0 Å². The first kappa shape index (κ1) is 12.3. The SMILES string of the molecule is CCn1nc(C(F)(F)F)c2c1C(F)(F)CCC2. The highest BCUT2D eigenvalue weighted by molar-refractivity contribution is 5.33. The first-order chi connectivity index (χ1) is 7.77. The largest absolute Gasteiger partial charge is 0.435 e. The highest BCUT2D eigenvalue weighted by Gasteiger charge is 2.47. The molecule has 0 spiro atoms. The van der Waals surface area contributed by atoms with Gasteiger partial charge in [0, 0.05) is 18.5 Å². The van der Waals surface area contributed by atoms with Gasteiger partial charge in [-0.1, -0.05) is 0 Å². The molecule has 0 N–H and O–H groups in total. The number of rotatable bonds is 1. The van der Waals surface area contributed by atoms with Crippen LogP contribution in [0.4, 0.5) is 22.0 Å². The van der Waals surface area contributed by atoms with E-state index in [0.29, 0.717) is 0 Å². The van der Waals surface area contributed by atoms with E-state index in [-0.39, 0.29) is 24.9 Å². The van der Waals surface area contributed by atoms with Gasteiger partial charge in [-0.3, -0.25) is 4.68 Å². The molecule has 0 aromatic carbocycles. The first-order valence-corrected chi connectivity index (χ1v) is 5.32. The summed E-state index contributed by atoms with van der Waals surface area (Å²) in [6, 6.07) is 0. The molecule has 96 valence electrons. The van der Waals surface area contributed by atoms with Crippen LogP contribution in [0.1, 0.15) is 36.7 Å². The van der Waals surface area contributed by atoms with Crippen molar-refractivity contribution >= 4 is 0 Å². The van der Waals surface area contributed by atoms with Crippen LogP contribution in [-0.2, 0) is 25.1 Å². The Bertz CT molecular complexity index is 433. The summed E-state index contributed by atoms with van der Waals surface area (Å²) >= 11 is 0. The van der Waals surface area contributed by atoms with Crippen LogP contribution in [0, 0.1) is 0 Å². The monoisotopic (exact) mass is 254 g/mol. The van der Waals surface area contributed by atoms with E-state index in [2.05, 4.69) is 5.10 Å². The lowest BCUT2D eigenvalue weighted by Gasteiger charge is -2.23. The van der Waals surface area contributed by atoms with E-state index in [1.807, 2.05) is 0 Å². The second-order valence-electron chi connectivity index (χ2n) is 4.05. The van der Waals surface area contributed by atoms with Gasteiger partial charge in [0.25, 0.3) is 5.92 Å². The number of hydrogen-bond acceptors (Lipinski definition) is 1. The predicted octanol–water partition coefficient (Wildman–Crippen LogP) is 3.35. The molecule has 0 saturated carbocycles. The van der Waals surface area contributed by atoms with Crippen molar-refractivity contribution < 1.29 is 22.0 Å². The third-order valence-corrected chi connectivity index (χ3v) is 2.88. The predicted molar refractivity (Wildman–Crippen MR) is 49.7 cm³/mol. The molecule has 1 heterocycles. The summed E-state index contributed by atoms with van der Waals surface area (Å²) < 4.78 is 66.0. The Morgan fingerprint density at radius 1 is 1.35 bits per heavy atom. The Morgan fingerprint density at radius 2 is 2.00 bits per heavy atom. The zero-order valence-electron chi connectivity index (χ0n) is 9.11. The van der Waals surface area contributed by atoms with Gasteiger partial charge >= 0.3 is 6.18 Å². The number of halogens is 5. The smallest absolute Gasteiger partial charge is 0.263 e. The molecule has 0 atom stereocenters. The molecule has 2 rings (SSSR count). The minimum Gasteiger partial charge on any atom is -0.263 e. The molecule has 0 bridgehead atoms. The molecule has 0 fully saturated rings. The average molecular weight is 254 g/mol. The summed E-state index contributed by atoms with van der Waals surface area (Å²) in [5, 5.41) is 3.29. The molecule has 17 heavy (non-hydrogen) atoms. The highest BCUT2D eigenvalue weighted by atomic mass is 19.4. The van der Waals surface area contributed by atoms with Gasteiger partial charge in [0.1, 0.15) is 5.69 Å². The molecule has 1 aliphatic carbocycles. The number of aryl methyl sites for hydroxylation is 1. The number of fused-ring (bicyclic) bond motifs is 1. The quantitative estimate of drug-likeness (QED) is 0.703. The standard InChI is InChI=1S/C10H11F5N2/c1-2-17-8-6(4-3-5-9(8,11)12)7(16-17)10(13,14)15/h2-5H2,1H3. The number of alkyl halides is 5. The van der Waals surface area contributed by atoms with E-state index in [0.717, 1.165) is 4.68 Å². The van der Waals surface area contributed by atoms with Crippen molar-refractivity contribution in [2.75, 3.05) is 0 Å². The third kappa shape index (κ3) is 1.91. The summed E-state index contributed by atoms with van der Waals surface area (Å²) in [7, 11) is 0. The Labute approximate surface area is 94.4 Å². The van der Waals surface area contributed by atoms with Crippen LogP contribution in [0.15, 0.2) is 0 Å². The normalized spacial score (nSPS) is 19.2. The van der Waals surface area contributed by atoms with E-state index < -0.39 is 29.9 Å². The number of aromatic nitrogens is 2. The molecular weight excluding hydrogens is 243 g/mol. The summed E-state index contributed by atoms with van der Waals surface area (Å²) in [4.78, 5) is 0. The van der Waals surface area contributed by atoms with Crippen molar-refractivity contribution in [3.05, 3.63) is 17.0 Å². The topological polar surface area (TPSA) is 17.8 Å². The van der Waals surface area contributed by atoms with Gasteiger partial charge < -0.3 is 0 Å². The fourth-order valence-corrected chi connectivity index (χ4v) is 2.21. The van der Waals surface area contributed by atoms with Crippen LogP contribution in [0.25, 0.3) is 0 Å². The molecule has 2 nitrogen and oxygen atoms in total. The molecule has 0 saturated heterocycles. The van der Waals surface area contributed by atoms with Gasteiger partial charge in [0.2, 0.25) is 0 Å². The van der Waals surface area contributed by atoms with Crippen LogP contribution in [0.2, 0.25) is 0 Å². The molecule has 1 aromatic heterocycles. The lowest BCUT2D eigenvalue weighted by atomic mass is 9.92. The van der Waals surface area contributed by atoms with E-state index in [9.17, 15) is 22.0 Å². The van der Waals surface area contributed by atoms with Crippen LogP contribution < -0.4 is 0 Å². The molecule has 0 amide bonds. The maximum atomic E-state index is 13.6. The van der Waals surface area contributed by atoms with Crippen LogP contribution in [-0.4, -0.2) is 9.78 Å². The second-order valence-corrected chi connectivity index (χ2v) is 4.05. The van der Waals surface area contributed by atoms with E-state index in [4.69, 9.17) is 0 Å². The first-order valence-electron chi connectivity index (χ1n) is 5.32. The summed E-state index contributed by atoms with van der Waals surface area (Å²) in [6.07, 6.45) is -5.01. The van der Waals surface area contributed by atoms with Crippen molar-refractivity contribution in [2.45, 2.75) is 44.8 Å². The van der Waals surface area contributed by atoms with Crippen LogP contribution in [0.3, 0.4) is 0 Å². The Balaban J connectivity index is 2.65. The van der Waals surface area contributed by atoms with Crippen LogP contribution in [0.5, 0.6) is 0 Å². The number of nitrogens with zero attached hydrogens (tertiary/aromatic N) is 2. The third-order valence-electron chi connectivity index (χ3n) is 2.88. The van der Waals surface area contributed by atoms with Gasteiger partial charge in [-0.2, -0.15) is 27.1 Å². The van der Waals surface area contributed by atoms with E-state index in [1.165, 1.54) is 6.92 Å². The van der Waals surface area contributed by atoms with Crippen molar-refractivity contribution in [1.82, 2.24) is 9.78 Å². The molecule has 1 aromatic rings. The zero-order valence-corrected chi connectivity index (χ0v) is 9.11. The zero-order chi connectivity index (χ0) is 12.8. The second kappa shape index (κ2) is 3.68. The summed E-state index contributed by atoms with van der Waals surface area (Å²) in [5.74, 6) is -3.21. The Hall–Kier alpha value is -1.14. The maximum Gasteiger partial charge on any atom is 0.435 e. The average Bonchev–Trinajstić information content (AvgIpc) is 2.56.